The lowest BCUT2D eigenvalue weighted by Gasteiger charge is -2.15. The number of nitrogens with one attached hydrogen (secondary N) is 1. The Kier molecular flexibility index (Phi) is 3.21. The Morgan fingerprint density at radius 3 is 2.95 bits per heavy atom. The van der Waals surface area contributed by atoms with E-state index in [9.17, 15) is 4.79 Å². The Hall–Kier alpha value is -1.52. The molecule has 2 atom stereocenters. The molecule has 5 heteroatoms. The van der Waals surface area contributed by atoms with Crippen LogP contribution in [0.4, 0.5) is 0 Å². The monoisotopic (exact) mass is 278 g/mol. The number of hydrogen-bond acceptors (Lipinski definition) is 3. The third-order valence-electron chi connectivity index (χ3n) is 3.54. The molecule has 2 aromatic rings. The van der Waals surface area contributed by atoms with E-state index in [4.69, 9.17) is 22.1 Å². The smallest absolute Gasteiger partial charge is 0.255 e. The van der Waals surface area contributed by atoms with Crippen molar-refractivity contribution in [1.29, 1.82) is 0 Å². The van der Waals surface area contributed by atoms with Crippen LogP contribution in [-0.4, -0.2) is 17.1 Å². The zero-order valence-corrected chi connectivity index (χ0v) is 11.1. The topological polar surface area (TPSA) is 68.1 Å². The molecule has 4 nitrogen and oxygen atoms in total. The zero-order valence-electron chi connectivity index (χ0n) is 10.4. The minimum Gasteiger partial charge on any atom is -0.489 e. The second-order valence-electron chi connectivity index (χ2n) is 4.99. The average Bonchev–Trinajstić information content (AvgIpc) is 2.77. The maximum absolute atomic E-state index is 11.7. The number of pyridine rings is 1. The van der Waals surface area contributed by atoms with Crippen LogP contribution in [0.5, 0.6) is 5.75 Å². The van der Waals surface area contributed by atoms with Gasteiger partial charge >= 0.3 is 0 Å². The van der Waals surface area contributed by atoms with Crippen molar-refractivity contribution < 1.29 is 4.74 Å². The van der Waals surface area contributed by atoms with Crippen LogP contribution < -0.4 is 16.0 Å². The average molecular weight is 279 g/mol. The van der Waals surface area contributed by atoms with Crippen LogP contribution in [-0.2, 0) is 0 Å². The largest absolute Gasteiger partial charge is 0.489 e. The van der Waals surface area contributed by atoms with Crippen LogP contribution in [0.1, 0.15) is 19.3 Å². The Balaban J connectivity index is 1.95. The van der Waals surface area contributed by atoms with E-state index in [1.54, 1.807) is 12.3 Å². The number of fused-ring (bicyclic) bond motifs is 1. The second kappa shape index (κ2) is 4.87. The molecule has 0 bridgehead atoms. The molecule has 1 heterocycles. The second-order valence-corrected chi connectivity index (χ2v) is 5.40. The lowest BCUT2D eigenvalue weighted by molar-refractivity contribution is 0.208. The van der Waals surface area contributed by atoms with Crippen molar-refractivity contribution in [3.05, 3.63) is 39.8 Å². The third kappa shape index (κ3) is 2.46. The first-order valence-corrected chi connectivity index (χ1v) is 6.74. The molecule has 0 spiro atoms. The summed E-state index contributed by atoms with van der Waals surface area (Å²) < 4.78 is 5.90. The number of rotatable bonds is 2. The van der Waals surface area contributed by atoms with E-state index in [0.717, 1.165) is 24.6 Å². The highest BCUT2D eigenvalue weighted by molar-refractivity contribution is 6.32. The Bertz CT molecular complexity index is 668. The maximum atomic E-state index is 11.7. The molecule has 1 saturated carbocycles. The van der Waals surface area contributed by atoms with Gasteiger partial charge in [0.2, 0.25) is 0 Å². The summed E-state index contributed by atoms with van der Waals surface area (Å²) in [7, 11) is 0. The van der Waals surface area contributed by atoms with Crippen molar-refractivity contribution in [2.75, 3.05) is 0 Å². The highest BCUT2D eigenvalue weighted by Gasteiger charge is 2.24. The Morgan fingerprint density at radius 1 is 1.37 bits per heavy atom. The summed E-state index contributed by atoms with van der Waals surface area (Å²) in [6.45, 7) is 0. The number of H-pyrrole nitrogens is 1. The van der Waals surface area contributed by atoms with Crippen LogP contribution in [0.25, 0.3) is 10.8 Å². The van der Waals surface area contributed by atoms with Crippen LogP contribution in [0.3, 0.4) is 0 Å². The molecular weight excluding hydrogens is 264 g/mol. The zero-order chi connectivity index (χ0) is 13.4. The van der Waals surface area contributed by atoms with Crippen molar-refractivity contribution in [2.45, 2.75) is 31.4 Å². The van der Waals surface area contributed by atoms with E-state index in [2.05, 4.69) is 4.98 Å². The van der Waals surface area contributed by atoms with Gasteiger partial charge < -0.3 is 15.5 Å². The summed E-state index contributed by atoms with van der Waals surface area (Å²) in [5.74, 6) is 0.624. The van der Waals surface area contributed by atoms with E-state index >= 15 is 0 Å². The van der Waals surface area contributed by atoms with Gasteiger partial charge in [-0.1, -0.05) is 11.6 Å². The van der Waals surface area contributed by atoms with E-state index in [1.165, 1.54) is 0 Å². The predicted molar refractivity (Wildman–Crippen MR) is 75.8 cm³/mol. The number of benzene rings is 1. The normalized spacial score (nSPS) is 22.8. The fraction of sp³-hybridized carbons (Fsp3) is 0.357. The predicted octanol–water partition coefficient (Wildman–Crippen LogP) is 2.44. The Labute approximate surface area is 115 Å². The van der Waals surface area contributed by atoms with E-state index in [0.29, 0.717) is 16.2 Å². The van der Waals surface area contributed by atoms with E-state index in [-0.39, 0.29) is 17.7 Å². The molecule has 1 aromatic carbocycles. The molecule has 0 aliphatic heterocycles. The summed E-state index contributed by atoms with van der Waals surface area (Å²) in [6.07, 6.45) is 4.52. The first kappa shape index (κ1) is 12.5. The minimum atomic E-state index is -0.145. The summed E-state index contributed by atoms with van der Waals surface area (Å²) in [4.78, 5) is 14.3. The number of nitrogens with two attached hydrogens (primary N) is 1. The van der Waals surface area contributed by atoms with Gasteiger partial charge in [-0.2, -0.15) is 0 Å². The fourth-order valence-corrected chi connectivity index (χ4v) is 2.75. The number of halogens is 1. The van der Waals surface area contributed by atoms with Crippen molar-refractivity contribution in [2.24, 2.45) is 5.73 Å². The summed E-state index contributed by atoms with van der Waals surface area (Å²) >= 11 is 6.18. The molecule has 3 N–H and O–H groups in total. The van der Waals surface area contributed by atoms with Gasteiger partial charge in [0.1, 0.15) is 11.9 Å². The maximum Gasteiger partial charge on any atom is 0.255 e. The highest BCUT2D eigenvalue weighted by atomic mass is 35.5. The van der Waals surface area contributed by atoms with Crippen molar-refractivity contribution in [3.8, 4) is 5.75 Å². The van der Waals surface area contributed by atoms with Gasteiger partial charge in [-0.3, -0.25) is 4.79 Å². The molecule has 0 unspecified atom stereocenters. The van der Waals surface area contributed by atoms with Crippen LogP contribution in [0, 0.1) is 0 Å². The summed E-state index contributed by atoms with van der Waals surface area (Å²) in [5.41, 5.74) is 5.72. The van der Waals surface area contributed by atoms with Crippen LogP contribution >= 0.6 is 11.6 Å². The standard InChI is InChI=1S/C14H15ClN2O2/c15-12-7-11-8(3-4-17-14(11)18)5-13(12)19-10-2-1-9(16)6-10/h3-5,7,9-10H,1-2,6,16H2,(H,17,18)/t9-,10-/m0/s1. The first-order chi connectivity index (χ1) is 9.13. The first-order valence-electron chi connectivity index (χ1n) is 6.36. The molecule has 3 rings (SSSR count). The molecule has 1 aromatic heterocycles. The summed E-state index contributed by atoms with van der Waals surface area (Å²) in [6, 6.07) is 5.52. The lowest BCUT2D eigenvalue weighted by Crippen LogP contribution is -2.19. The molecular formula is C14H15ClN2O2. The number of ether oxygens (including phenoxy) is 1. The Morgan fingerprint density at radius 2 is 2.21 bits per heavy atom. The van der Waals surface area contributed by atoms with Crippen LogP contribution in [0.2, 0.25) is 5.02 Å². The van der Waals surface area contributed by atoms with Gasteiger partial charge in [-0.15, -0.1) is 0 Å². The molecule has 1 aliphatic carbocycles. The van der Waals surface area contributed by atoms with E-state index in [1.807, 2.05) is 12.1 Å². The molecule has 1 aliphatic rings. The molecule has 1 fully saturated rings. The van der Waals surface area contributed by atoms with Crippen molar-refractivity contribution in [3.63, 3.8) is 0 Å². The minimum absolute atomic E-state index is 0.118. The van der Waals surface area contributed by atoms with Gasteiger partial charge in [0.15, 0.2) is 0 Å². The molecule has 100 valence electrons. The molecule has 0 amide bonds. The van der Waals surface area contributed by atoms with Crippen molar-refractivity contribution in [1.82, 2.24) is 4.98 Å². The lowest BCUT2D eigenvalue weighted by atomic mass is 10.1. The van der Waals surface area contributed by atoms with Crippen molar-refractivity contribution >= 4 is 22.4 Å². The molecule has 0 saturated heterocycles. The molecule has 19 heavy (non-hydrogen) atoms. The van der Waals surface area contributed by atoms with Gasteiger partial charge in [-0.05, 0) is 42.8 Å². The molecule has 0 radical (unpaired) electrons. The van der Waals surface area contributed by atoms with E-state index < -0.39 is 0 Å². The number of aromatic amines is 1. The third-order valence-corrected chi connectivity index (χ3v) is 3.84. The van der Waals surface area contributed by atoms with Crippen LogP contribution in [0.15, 0.2) is 29.2 Å². The highest BCUT2D eigenvalue weighted by Crippen LogP contribution is 2.32. The van der Waals surface area contributed by atoms with Gasteiger partial charge in [0, 0.05) is 17.6 Å². The van der Waals surface area contributed by atoms with Gasteiger partial charge in [0.05, 0.1) is 5.02 Å². The summed E-state index contributed by atoms with van der Waals surface area (Å²) in [5, 5.41) is 1.86. The fourth-order valence-electron chi connectivity index (χ4n) is 2.54. The van der Waals surface area contributed by atoms with Gasteiger partial charge in [0.25, 0.3) is 5.56 Å². The quantitative estimate of drug-likeness (QED) is 0.886. The SMILES string of the molecule is N[C@H]1CC[C@H](Oc2cc3cc[nH]c(=O)c3cc2Cl)C1. The number of hydrogen-bond donors (Lipinski definition) is 2. The number of aromatic nitrogens is 1. The van der Waals surface area contributed by atoms with Gasteiger partial charge in [-0.25, -0.2) is 0 Å².